The molecule has 2 nitrogen and oxygen atoms in total. The minimum atomic E-state index is -0.812. The van der Waals surface area contributed by atoms with E-state index in [1.807, 2.05) is 0 Å². The van der Waals surface area contributed by atoms with Crippen LogP contribution in [0.15, 0.2) is 18.2 Å². The highest BCUT2D eigenvalue weighted by Gasteiger charge is 2.36. The first-order chi connectivity index (χ1) is 7.52. The summed E-state index contributed by atoms with van der Waals surface area (Å²) in [5, 5.41) is 0. The largest absolute Gasteiger partial charge is 0.325 e. The molecule has 2 rings (SSSR count). The van der Waals surface area contributed by atoms with Gasteiger partial charge < -0.3 is 5.73 Å². The van der Waals surface area contributed by atoms with Crippen molar-refractivity contribution in [1.29, 1.82) is 0 Å². The molecule has 0 saturated heterocycles. The summed E-state index contributed by atoms with van der Waals surface area (Å²) in [4.78, 5) is 11.7. The zero-order chi connectivity index (χ0) is 11.8. The molecular weight excluding hydrogens is 212 g/mol. The summed E-state index contributed by atoms with van der Waals surface area (Å²) in [6.07, 6.45) is 2.48. The van der Waals surface area contributed by atoms with Gasteiger partial charge >= 0.3 is 0 Å². The first kappa shape index (κ1) is 11.2. The fourth-order valence-electron chi connectivity index (χ4n) is 1.98. The number of carbonyl (C=O) groups is 1. The molecule has 0 atom stereocenters. The minimum Gasteiger partial charge on any atom is -0.325 e. The smallest absolute Gasteiger partial charge is 0.170 e. The third-order valence-corrected chi connectivity index (χ3v) is 3.10. The summed E-state index contributed by atoms with van der Waals surface area (Å²) >= 11 is 0. The van der Waals surface area contributed by atoms with Crippen LogP contribution in [0.25, 0.3) is 0 Å². The van der Waals surface area contributed by atoms with Crippen LogP contribution in [0.3, 0.4) is 0 Å². The first-order valence-corrected chi connectivity index (χ1v) is 5.28. The van der Waals surface area contributed by atoms with Crippen molar-refractivity contribution < 1.29 is 13.6 Å². The second-order valence-electron chi connectivity index (χ2n) is 4.41. The number of carbonyl (C=O) groups excluding carboxylic acids is 1. The summed E-state index contributed by atoms with van der Waals surface area (Å²) in [6.45, 7) is 0. The van der Waals surface area contributed by atoms with E-state index in [2.05, 4.69) is 0 Å². The molecule has 2 N–H and O–H groups in total. The van der Waals surface area contributed by atoms with Crippen LogP contribution in [0.4, 0.5) is 8.78 Å². The van der Waals surface area contributed by atoms with Crippen LogP contribution in [0.2, 0.25) is 0 Å². The van der Waals surface area contributed by atoms with Gasteiger partial charge in [-0.05, 0) is 31.4 Å². The number of halogens is 2. The highest BCUT2D eigenvalue weighted by Crippen LogP contribution is 2.33. The lowest BCUT2D eigenvalue weighted by Crippen LogP contribution is -2.48. The standard InChI is InChI=1S/C12H13F2NO/c13-8-3-1-4-9(14)11(8)10(16)7-12(15)5-2-6-12/h1,3-4H,2,5-7,15H2. The lowest BCUT2D eigenvalue weighted by Gasteiger charge is -2.37. The van der Waals surface area contributed by atoms with E-state index < -0.39 is 28.5 Å². The number of hydrogen-bond donors (Lipinski definition) is 1. The Morgan fingerprint density at radius 1 is 1.31 bits per heavy atom. The van der Waals surface area contributed by atoms with E-state index in [1.165, 1.54) is 6.07 Å². The fourth-order valence-corrected chi connectivity index (χ4v) is 1.98. The van der Waals surface area contributed by atoms with Crippen molar-refractivity contribution in [1.82, 2.24) is 0 Å². The normalized spacial score (nSPS) is 17.9. The minimum absolute atomic E-state index is 0.0187. The van der Waals surface area contributed by atoms with Crippen LogP contribution >= 0.6 is 0 Å². The maximum atomic E-state index is 13.3. The topological polar surface area (TPSA) is 43.1 Å². The molecule has 1 aromatic carbocycles. The van der Waals surface area contributed by atoms with Crippen molar-refractivity contribution in [2.45, 2.75) is 31.2 Å². The molecule has 4 heteroatoms. The zero-order valence-electron chi connectivity index (χ0n) is 8.80. The quantitative estimate of drug-likeness (QED) is 0.803. The lowest BCUT2D eigenvalue weighted by molar-refractivity contribution is 0.0904. The summed E-state index contributed by atoms with van der Waals surface area (Å²) in [6, 6.07) is 3.41. The van der Waals surface area contributed by atoms with E-state index in [4.69, 9.17) is 5.73 Å². The van der Waals surface area contributed by atoms with Crippen LogP contribution < -0.4 is 5.73 Å². The second kappa shape index (κ2) is 3.94. The van der Waals surface area contributed by atoms with Crippen molar-refractivity contribution in [3.63, 3.8) is 0 Å². The van der Waals surface area contributed by atoms with Gasteiger partial charge in [-0.2, -0.15) is 0 Å². The first-order valence-electron chi connectivity index (χ1n) is 5.28. The Balaban J connectivity index is 2.20. The average Bonchev–Trinajstić information content (AvgIpc) is 2.15. The van der Waals surface area contributed by atoms with Gasteiger partial charge in [0.1, 0.15) is 11.6 Å². The Morgan fingerprint density at radius 3 is 2.31 bits per heavy atom. The summed E-state index contributed by atoms with van der Waals surface area (Å²) in [5.41, 5.74) is 4.87. The Hall–Kier alpha value is -1.29. The molecule has 0 aliphatic heterocycles. The van der Waals surface area contributed by atoms with Gasteiger partial charge in [0.05, 0.1) is 5.56 Å². The number of hydrogen-bond acceptors (Lipinski definition) is 2. The number of rotatable bonds is 3. The molecule has 1 aromatic rings. The fraction of sp³-hybridized carbons (Fsp3) is 0.417. The molecule has 1 aliphatic carbocycles. The maximum Gasteiger partial charge on any atom is 0.170 e. The molecule has 1 fully saturated rings. The number of benzene rings is 1. The number of Topliss-reactive ketones (excluding diaryl/α,β-unsaturated/α-hetero) is 1. The van der Waals surface area contributed by atoms with Gasteiger partial charge in [-0.25, -0.2) is 8.78 Å². The maximum absolute atomic E-state index is 13.3. The molecule has 1 aliphatic rings. The predicted molar refractivity (Wildman–Crippen MR) is 56.1 cm³/mol. The van der Waals surface area contributed by atoms with E-state index in [0.717, 1.165) is 31.4 Å². The van der Waals surface area contributed by atoms with Crippen molar-refractivity contribution in [2.24, 2.45) is 5.73 Å². The van der Waals surface area contributed by atoms with Gasteiger partial charge in [0.15, 0.2) is 5.78 Å². The summed E-state index contributed by atoms with van der Waals surface area (Å²) in [7, 11) is 0. The van der Waals surface area contributed by atoms with Crippen molar-refractivity contribution in [2.75, 3.05) is 0 Å². The van der Waals surface area contributed by atoms with Crippen LogP contribution in [0.5, 0.6) is 0 Å². The highest BCUT2D eigenvalue weighted by molar-refractivity contribution is 5.97. The van der Waals surface area contributed by atoms with Gasteiger partial charge in [0.2, 0.25) is 0 Å². The zero-order valence-corrected chi connectivity index (χ0v) is 8.80. The van der Waals surface area contributed by atoms with Gasteiger partial charge in [0, 0.05) is 12.0 Å². The molecule has 1 saturated carbocycles. The highest BCUT2D eigenvalue weighted by atomic mass is 19.1. The molecule has 0 aromatic heterocycles. The average molecular weight is 225 g/mol. The van der Waals surface area contributed by atoms with Crippen molar-refractivity contribution >= 4 is 5.78 Å². The third kappa shape index (κ3) is 1.97. The summed E-state index contributed by atoms with van der Waals surface area (Å²) in [5.74, 6) is -2.17. The van der Waals surface area contributed by atoms with Gasteiger partial charge in [-0.15, -0.1) is 0 Å². The monoisotopic (exact) mass is 225 g/mol. The molecule has 0 heterocycles. The molecule has 86 valence electrons. The Bertz CT molecular complexity index is 407. The van der Waals surface area contributed by atoms with E-state index in [9.17, 15) is 13.6 Å². The molecule has 0 bridgehead atoms. The van der Waals surface area contributed by atoms with Crippen LogP contribution in [0.1, 0.15) is 36.0 Å². The second-order valence-corrected chi connectivity index (χ2v) is 4.41. The Kier molecular flexibility index (Phi) is 2.76. The van der Waals surface area contributed by atoms with Crippen molar-refractivity contribution in [3.8, 4) is 0 Å². The van der Waals surface area contributed by atoms with Gasteiger partial charge in [-0.1, -0.05) is 6.07 Å². The van der Waals surface area contributed by atoms with E-state index >= 15 is 0 Å². The van der Waals surface area contributed by atoms with Crippen LogP contribution in [0, 0.1) is 11.6 Å². The third-order valence-electron chi connectivity index (χ3n) is 3.10. The molecule has 0 spiro atoms. The predicted octanol–water partition coefficient (Wildman–Crippen LogP) is 2.42. The molecule has 0 radical (unpaired) electrons. The molecule has 0 amide bonds. The number of nitrogens with two attached hydrogens (primary N) is 1. The molecular formula is C12H13F2NO. The van der Waals surface area contributed by atoms with Crippen LogP contribution in [-0.4, -0.2) is 11.3 Å². The lowest BCUT2D eigenvalue weighted by atomic mass is 9.74. The molecule has 16 heavy (non-hydrogen) atoms. The van der Waals surface area contributed by atoms with Crippen molar-refractivity contribution in [3.05, 3.63) is 35.4 Å². The Morgan fingerprint density at radius 2 is 1.88 bits per heavy atom. The van der Waals surface area contributed by atoms with Gasteiger partial charge in [-0.3, -0.25) is 4.79 Å². The molecule has 0 unspecified atom stereocenters. The summed E-state index contributed by atoms with van der Waals surface area (Å²) < 4.78 is 26.6. The Labute approximate surface area is 92.4 Å². The van der Waals surface area contributed by atoms with E-state index in [0.29, 0.717) is 0 Å². The SMILES string of the molecule is NC1(CC(=O)c2c(F)cccc2F)CCC1. The van der Waals surface area contributed by atoms with E-state index in [-0.39, 0.29) is 6.42 Å². The van der Waals surface area contributed by atoms with E-state index in [1.54, 1.807) is 0 Å². The van der Waals surface area contributed by atoms with Gasteiger partial charge in [0.25, 0.3) is 0 Å². The number of ketones is 1. The van der Waals surface area contributed by atoms with Crippen LogP contribution in [-0.2, 0) is 0 Å².